The van der Waals surface area contributed by atoms with Gasteiger partial charge in [0.25, 0.3) is 0 Å². The van der Waals surface area contributed by atoms with Gasteiger partial charge in [-0.2, -0.15) is 0 Å². The van der Waals surface area contributed by atoms with Crippen LogP contribution >= 0.6 is 0 Å². The van der Waals surface area contributed by atoms with Crippen molar-refractivity contribution in [3.8, 4) is 11.1 Å². The molecule has 2 nitrogen and oxygen atoms in total. The van der Waals surface area contributed by atoms with E-state index in [1.54, 1.807) is 18.5 Å². The van der Waals surface area contributed by atoms with Gasteiger partial charge >= 0.3 is 0 Å². The highest BCUT2D eigenvalue weighted by Gasteiger charge is 2.03. The molecule has 2 rings (SSSR count). The molecule has 0 aliphatic rings. The fraction of sp³-hybridized carbons (Fsp3) is 0.167. The molecule has 0 spiro atoms. The lowest BCUT2D eigenvalue weighted by atomic mass is 10.0. The van der Waals surface area contributed by atoms with E-state index in [9.17, 15) is 4.39 Å². The summed E-state index contributed by atoms with van der Waals surface area (Å²) in [5.74, 6) is 0.516. The Kier molecular flexibility index (Phi) is 2.46. The van der Waals surface area contributed by atoms with Crippen molar-refractivity contribution in [2.45, 2.75) is 13.8 Å². The summed E-state index contributed by atoms with van der Waals surface area (Å²) in [7, 11) is 0. The van der Waals surface area contributed by atoms with Gasteiger partial charge in [0, 0.05) is 18.0 Å². The van der Waals surface area contributed by atoms with E-state index in [2.05, 4.69) is 9.97 Å². The number of aryl methyl sites for hydroxylation is 2. The summed E-state index contributed by atoms with van der Waals surface area (Å²) in [6, 6.07) is 4.70. The average molecular weight is 202 g/mol. The van der Waals surface area contributed by atoms with Crippen molar-refractivity contribution in [3.05, 3.63) is 47.8 Å². The molecule has 0 saturated carbocycles. The van der Waals surface area contributed by atoms with Gasteiger partial charge in [0.2, 0.25) is 0 Å². The van der Waals surface area contributed by atoms with E-state index in [-0.39, 0.29) is 5.82 Å². The van der Waals surface area contributed by atoms with Crippen molar-refractivity contribution >= 4 is 0 Å². The SMILES string of the molecule is Cc1ncc(-c2ccc(F)cc2C)cn1. The van der Waals surface area contributed by atoms with E-state index in [0.717, 1.165) is 22.5 Å². The fourth-order valence-corrected chi connectivity index (χ4v) is 1.48. The molecule has 0 radical (unpaired) electrons. The predicted molar refractivity (Wildman–Crippen MR) is 56.9 cm³/mol. The van der Waals surface area contributed by atoms with Crippen LogP contribution in [0.3, 0.4) is 0 Å². The Labute approximate surface area is 87.8 Å². The van der Waals surface area contributed by atoms with Crippen LogP contribution in [-0.4, -0.2) is 9.97 Å². The first-order valence-electron chi connectivity index (χ1n) is 4.72. The van der Waals surface area contributed by atoms with Gasteiger partial charge in [0.1, 0.15) is 11.6 Å². The summed E-state index contributed by atoms with van der Waals surface area (Å²) < 4.78 is 12.9. The van der Waals surface area contributed by atoms with Crippen molar-refractivity contribution in [2.75, 3.05) is 0 Å². The van der Waals surface area contributed by atoms with Crippen LogP contribution in [0.1, 0.15) is 11.4 Å². The van der Waals surface area contributed by atoms with Gasteiger partial charge in [0.05, 0.1) is 0 Å². The van der Waals surface area contributed by atoms with Crippen molar-refractivity contribution in [1.29, 1.82) is 0 Å². The lowest BCUT2D eigenvalue weighted by Crippen LogP contribution is -1.90. The lowest BCUT2D eigenvalue weighted by molar-refractivity contribution is 0.627. The number of benzene rings is 1. The second kappa shape index (κ2) is 3.77. The minimum Gasteiger partial charge on any atom is -0.241 e. The van der Waals surface area contributed by atoms with E-state index in [0.29, 0.717) is 0 Å². The Hall–Kier alpha value is -1.77. The molecular weight excluding hydrogens is 191 g/mol. The summed E-state index contributed by atoms with van der Waals surface area (Å²) in [4.78, 5) is 8.23. The highest BCUT2D eigenvalue weighted by Crippen LogP contribution is 2.22. The molecule has 0 atom stereocenters. The molecule has 1 aromatic heterocycles. The third-order valence-corrected chi connectivity index (χ3v) is 2.28. The number of rotatable bonds is 1. The summed E-state index contributed by atoms with van der Waals surface area (Å²) >= 11 is 0. The monoisotopic (exact) mass is 202 g/mol. The van der Waals surface area contributed by atoms with Crippen LogP contribution in [0.15, 0.2) is 30.6 Å². The van der Waals surface area contributed by atoms with Gasteiger partial charge in [-0.25, -0.2) is 14.4 Å². The molecule has 1 aromatic carbocycles. The second-order valence-corrected chi connectivity index (χ2v) is 3.48. The van der Waals surface area contributed by atoms with E-state index >= 15 is 0 Å². The maximum Gasteiger partial charge on any atom is 0.125 e. The first-order valence-corrected chi connectivity index (χ1v) is 4.72. The zero-order chi connectivity index (χ0) is 10.8. The normalized spacial score (nSPS) is 10.3. The number of hydrogen-bond acceptors (Lipinski definition) is 2. The lowest BCUT2D eigenvalue weighted by Gasteiger charge is -2.05. The molecule has 0 fully saturated rings. The second-order valence-electron chi connectivity index (χ2n) is 3.48. The quantitative estimate of drug-likeness (QED) is 0.710. The molecule has 0 N–H and O–H groups in total. The molecule has 0 aliphatic carbocycles. The summed E-state index contributed by atoms with van der Waals surface area (Å²) in [5, 5.41) is 0. The summed E-state index contributed by atoms with van der Waals surface area (Å²) in [5.41, 5.74) is 2.77. The van der Waals surface area contributed by atoms with Crippen molar-refractivity contribution < 1.29 is 4.39 Å². The van der Waals surface area contributed by atoms with Crippen LogP contribution in [0.2, 0.25) is 0 Å². The Balaban J connectivity index is 2.49. The molecule has 76 valence electrons. The first kappa shape index (κ1) is 9.77. The highest BCUT2D eigenvalue weighted by molar-refractivity contribution is 5.65. The molecule has 15 heavy (non-hydrogen) atoms. The topological polar surface area (TPSA) is 25.8 Å². The molecule has 1 heterocycles. The molecule has 0 aliphatic heterocycles. The summed E-state index contributed by atoms with van der Waals surface area (Å²) in [6.07, 6.45) is 3.51. The zero-order valence-corrected chi connectivity index (χ0v) is 8.66. The first-order chi connectivity index (χ1) is 7.16. The summed E-state index contributed by atoms with van der Waals surface area (Å²) in [6.45, 7) is 3.71. The van der Waals surface area contributed by atoms with Gasteiger partial charge in [0.15, 0.2) is 0 Å². The standard InChI is InChI=1S/C12H11FN2/c1-8-5-11(13)3-4-12(8)10-6-14-9(2)15-7-10/h3-7H,1-2H3. The fourth-order valence-electron chi connectivity index (χ4n) is 1.48. The minimum atomic E-state index is -0.218. The molecule has 0 amide bonds. The van der Waals surface area contributed by atoms with Crippen molar-refractivity contribution in [1.82, 2.24) is 9.97 Å². The Morgan fingerprint density at radius 1 is 1.07 bits per heavy atom. The van der Waals surface area contributed by atoms with E-state index in [4.69, 9.17) is 0 Å². The van der Waals surface area contributed by atoms with Gasteiger partial charge in [-0.1, -0.05) is 6.07 Å². The smallest absolute Gasteiger partial charge is 0.125 e. The zero-order valence-electron chi connectivity index (χ0n) is 8.66. The average Bonchev–Trinajstić information content (AvgIpc) is 2.20. The number of hydrogen-bond donors (Lipinski definition) is 0. The minimum absolute atomic E-state index is 0.218. The van der Waals surface area contributed by atoms with Crippen LogP contribution in [-0.2, 0) is 0 Å². The van der Waals surface area contributed by atoms with Crippen LogP contribution < -0.4 is 0 Å². The molecule has 2 aromatic rings. The number of halogens is 1. The van der Waals surface area contributed by atoms with Gasteiger partial charge < -0.3 is 0 Å². The maximum atomic E-state index is 12.9. The van der Waals surface area contributed by atoms with Gasteiger partial charge in [-0.15, -0.1) is 0 Å². The van der Waals surface area contributed by atoms with Crippen LogP contribution in [0, 0.1) is 19.7 Å². The highest BCUT2D eigenvalue weighted by atomic mass is 19.1. The number of nitrogens with zero attached hydrogens (tertiary/aromatic N) is 2. The van der Waals surface area contributed by atoms with Gasteiger partial charge in [-0.3, -0.25) is 0 Å². The maximum absolute atomic E-state index is 12.9. The third-order valence-electron chi connectivity index (χ3n) is 2.28. The third kappa shape index (κ3) is 2.01. The Bertz CT molecular complexity index is 477. The van der Waals surface area contributed by atoms with Gasteiger partial charge in [-0.05, 0) is 37.1 Å². The Morgan fingerprint density at radius 3 is 2.33 bits per heavy atom. The van der Waals surface area contributed by atoms with Crippen molar-refractivity contribution in [3.63, 3.8) is 0 Å². The van der Waals surface area contributed by atoms with E-state index in [1.807, 2.05) is 13.8 Å². The van der Waals surface area contributed by atoms with Crippen molar-refractivity contribution in [2.24, 2.45) is 0 Å². The number of aromatic nitrogens is 2. The Morgan fingerprint density at radius 2 is 1.73 bits per heavy atom. The molecule has 0 unspecified atom stereocenters. The molecule has 0 bridgehead atoms. The van der Waals surface area contributed by atoms with Crippen LogP contribution in [0.4, 0.5) is 4.39 Å². The molecule has 0 saturated heterocycles. The van der Waals surface area contributed by atoms with Crippen LogP contribution in [0.25, 0.3) is 11.1 Å². The molecule has 3 heteroatoms. The largest absolute Gasteiger partial charge is 0.241 e. The van der Waals surface area contributed by atoms with Crippen LogP contribution in [0.5, 0.6) is 0 Å². The van der Waals surface area contributed by atoms with E-state index in [1.165, 1.54) is 12.1 Å². The molecular formula is C12H11FN2. The van der Waals surface area contributed by atoms with E-state index < -0.39 is 0 Å². The predicted octanol–water partition coefficient (Wildman–Crippen LogP) is 2.90.